The van der Waals surface area contributed by atoms with Crippen LogP contribution in [0.1, 0.15) is 23.7 Å². The topological polar surface area (TPSA) is 38.3 Å². The molecule has 1 N–H and O–H groups in total. The molecule has 1 aromatic carbocycles. The molecule has 0 saturated carbocycles. The van der Waals surface area contributed by atoms with Crippen LogP contribution in [0.15, 0.2) is 18.2 Å². The summed E-state index contributed by atoms with van der Waals surface area (Å²) < 4.78 is 18.4. The van der Waals surface area contributed by atoms with E-state index in [1.54, 1.807) is 6.07 Å². The Morgan fingerprint density at radius 1 is 1.59 bits per heavy atom. The molecule has 1 amide bonds. The number of hydrogen-bond acceptors (Lipinski definition) is 2. The Morgan fingerprint density at radius 2 is 2.29 bits per heavy atom. The maximum absolute atomic E-state index is 13.6. The largest absolute Gasteiger partial charge is 0.497 e. The van der Waals surface area contributed by atoms with E-state index in [-0.39, 0.29) is 11.6 Å². The first kappa shape index (κ1) is 13.8. The zero-order valence-electron chi connectivity index (χ0n) is 9.80. The second-order valence-electron chi connectivity index (χ2n) is 3.70. The lowest BCUT2D eigenvalue weighted by Gasteiger charge is -2.12. The fourth-order valence-electron chi connectivity index (χ4n) is 1.34. The third-order valence-electron chi connectivity index (χ3n) is 2.34. The van der Waals surface area contributed by atoms with Crippen LogP contribution < -0.4 is 10.1 Å². The molecule has 0 bridgehead atoms. The smallest absolute Gasteiger partial charge is 0.254 e. The van der Waals surface area contributed by atoms with Crippen molar-refractivity contribution in [3.63, 3.8) is 0 Å². The van der Waals surface area contributed by atoms with E-state index in [9.17, 15) is 9.18 Å². The molecule has 94 valence electrons. The molecule has 0 spiro atoms. The average molecular weight is 260 g/mol. The number of amides is 1. The predicted octanol–water partition coefficient (Wildman–Crippen LogP) is 2.58. The van der Waals surface area contributed by atoms with Crippen molar-refractivity contribution < 1.29 is 13.9 Å². The summed E-state index contributed by atoms with van der Waals surface area (Å²) in [7, 11) is 1.44. The first-order chi connectivity index (χ1) is 8.08. The number of rotatable bonds is 5. The van der Waals surface area contributed by atoms with E-state index < -0.39 is 11.7 Å². The molecule has 17 heavy (non-hydrogen) atoms. The predicted molar refractivity (Wildman–Crippen MR) is 65.2 cm³/mol. The van der Waals surface area contributed by atoms with E-state index >= 15 is 0 Å². The van der Waals surface area contributed by atoms with Crippen molar-refractivity contribution in [3.05, 3.63) is 29.6 Å². The van der Waals surface area contributed by atoms with Gasteiger partial charge in [-0.25, -0.2) is 4.39 Å². The zero-order chi connectivity index (χ0) is 12.8. The first-order valence-corrected chi connectivity index (χ1v) is 5.82. The van der Waals surface area contributed by atoms with Crippen LogP contribution in [0, 0.1) is 5.82 Å². The Hall–Kier alpha value is -1.29. The SMILES string of the molecule is COc1ccc(C(=O)NC(C)CCCl)c(F)c1. The minimum Gasteiger partial charge on any atom is -0.497 e. The number of ether oxygens (including phenoxy) is 1. The fourth-order valence-corrected chi connectivity index (χ4v) is 1.67. The van der Waals surface area contributed by atoms with Crippen LogP contribution in [0.3, 0.4) is 0 Å². The molecule has 0 aliphatic heterocycles. The standard InChI is InChI=1S/C12H15ClFNO2/c1-8(5-6-13)15-12(16)10-4-3-9(17-2)7-11(10)14/h3-4,7-8H,5-6H2,1-2H3,(H,15,16). The van der Waals surface area contributed by atoms with Gasteiger partial charge in [-0.1, -0.05) is 0 Å². The Kier molecular flexibility index (Phi) is 5.22. The molecule has 0 aliphatic carbocycles. The molecule has 5 heteroatoms. The normalized spacial score (nSPS) is 12.0. The maximum atomic E-state index is 13.6. The fraction of sp³-hybridized carbons (Fsp3) is 0.417. The molecule has 3 nitrogen and oxygen atoms in total. The quantitative estimate of drug-likeness (QED) is 0.826. The first-order valence-electron chi connectivity index (χ1n) is 5.29. The molecule has 0 saturated heterocycles. The third-order valence-corrected chi connectivity index (χ3v) is 2.56. The van der Waals surface area contributed by atoms with Crippen LogP contribution in [-0.2, 0) is 0 Å². The lowest BCUT2D eigenvalue weighted by molar-refractivity contribution is 0.0935. The van der Waals surface area contributed by atoms with E-state index in [2.05, 4.69) is 5.32 Å². The van der Waals surface area contributed by atoms with Gasteiger partial charge in [0.2, 0.25) is 0 Å². The lowest BCUT2D eigenvalue weighted by Crippen LogP contribution is -2.33. The van der Waals surface area contributed by atoms with Crippen molar-refractivity contribution in [2.45, 2.75) is 19.4 Å². The molecular formula is C12H15ClFNO2. The second-order valence-corrected chi connectivity index (χ2v) is 4.08. The summed E-state index contributed by atoms with van der Waals surface area (Å²) in [5.74, 6) is -0.206. The number of methoxy groups -OCH3 is 1. The molecule has 1 atom stereocenters. The summed E-state index contributed by atoms with van der Waals surface area (Å²) in [5.41, 5.74) is 0.00669. The number of alkyl halides is 1. The van der Waals surface area contributed by atoms with Gasteiger partial charge in [-0.05, 0) is 25.5 Å². The molecule has 1 rings (SSSR count). The molecule has 0 fully saturated rings. The second kappa shape index (κ2) is 6.45. The van der Waals surface area contributed by atoms with E-state index in [0.29, 0.717) is 18.1 Å². The van der Waals surface area contributed by atoms with E-state index in [4.69, 9.17) is 16.3 Å². The van der Waals surface area contributed by atoms with Gasteiger partial charge in [0, 0.05) is 18.0 Å². The summed E-state index contributed by atoms with van der Waals surface area (Å²) in [6.07, 6.45) is 0.644. The summed E-state index contributed by atoms with van der Waals surface area (Å²) in [5, 5.41) is 2.67. The van der Waals surface area contributed by atoms with Gasteiger partial charge in [0.15, 0.2) is 0 Å². The number of carbonyl (C=O) groups is 1. The van der Waals surface area contributed by atoms with Crippen molar-refractivity contribution in [1.82, 2.24) is 5.32 Å². The van der Waals surface area contributed by atoms with Crippen LogP contribution in [0.4, 0.5) is 4.39 Å². The van der Waals surface area contributed by atoms with Crippen LogP contribution in [-0.4, -0.2) is 24.9 Å². The molecule has 1 unspecified atom stereocenters. The zero-order valence-corrected chi connectivity index (χ0v) is 10.6. The molecular weight excluding hydrogens is 245 g/mol. The van der Waals surface area contributed by atoms with Gasteiger partial charge in [0.25, 0.3) is 5.91 Å². The molecule has 0 heterocycles. The highest BCUT2D eigenvalue weighted by molar-refractivity contribution is 6.17. The van der Waals surface area contributed by atoms with Crippen LogP contribution in [0.5, 0.6) is 5.75 Å². The Balaban J connectivity index is 2.75. The average Bonchev–Trinajstić information content (AvgIpc) is 2.28. The summed E-state index contributed by atoms with van der Waals surface area (Å²) in [6, 6.07) is 4.05. The van der Waals surface area contributed by atoms with Gasteiger partial charge < -0.3 is 10.1 Å². The van der Waals surface area contributed by atoms with Gasteiger partial charge >= 0.3 is 0 Å². The monoisotopic (exact) mass is 259 g/mol. The molecule has 1 aromatic rings. The van der Waals surface area contributed by atoms with Crippen molar-refractivity contribution in [1.29, 1.82) is 0 Å². The number of nitrogens with one attached hydrogen (secondary N) is 1. The molecule has 0 aliphatic rings. The Labute approximate surface area is 105 Å². The highest BCUT2D eigenvalue weighted by atomic mass is 35.5. The van der Waals surface area contributed by atoms with Gasteiger partial charge in [-0.2, -0.15) is 0 Å². The highest BCUT2D eigenvalue weighted by Crippen LogP contribution is 2.16. The van der Waals surface area contributed by atoms with Gasteiger partial charge in [0.1, 0.15) is 11.6 Å². The van der Waals surface area contributed by atoms with E-state index in [0.717, 1.165) is 0 Å². The number of benzene rings is 1. The number of halogens is 2. The summed E-state index contributed by atoms with van der Waals surface area (Å²) in [6.45, 7) is 1.82. The Bertz CT molecular complexity index is 398. The van der Waals surface area contributed by atoms with Crippen LogP contribution >= 0.6 is 11.6 Å². The van der Waals surface area contributed by atoms with Crippen LogP contribution in [0.25, 0.3) is 0 Å². The number of hydrogen-bond donors (Lipinski definition) is 1. The van der Waals surface area contributed by atoms with Gasteiger partial charge in [-0.15, -0.1) is 11.6 Å². The maximum Gasteiger partial charge on any atom is 0.254 e. The van der Waals surface area contributed by atoms with E-state index in [1.807, 2.05) is 6.92 Å². The van der Waals surface area contributed by atoms with Crippen LogP contribution in [0.2, 0.25) is 0 Å². The lowest BCUT2D eigenvalue weighted by atomic mass is 10.1. The molecule has 0 aromatic heterocycles. The van der Waals surface area contributed by atoms with Crippen molar-refractivity contribution in [3.8, 4) is 5.75 Å². The third kappa shape index (κ3) is 3.89. The summed E-state index contributed by atoms with van der Waals surface area (Å²) in [4.78, 5) is 11.7. The highest BCUT2D eigenvalue weighted by Gasteiger charge is 2.14. The van der Waals surface area contributed by atoms with Crippen molar-refractivity contribution in [2.24, 2.45) is 0 Å². The van der Waals surface area contributed by atoms with Crippen molar-refractivity contribution >= 4 is 17.5 Å². The van der Waals surface area contributed by atoms with E-state index in [1.165, 1.54) is 19.2 Å². The van der Waals surface area contributed by atoms with Gasteiger partial charge in [0.05, 0.1) is 12.7 Å². The van der Waals surface area contributed by atoms with Crippen molar-refractivity contribution in [2.75, 3.05) is 13.0 Å². The molecule has 0 radical (unpaired) electrons. The Morgan fingerprint density at radius 3 is 2.82 bits per heavy atom. The minimum absolute atomic E-state index is 0.00669. The summed E-state index contributed by atoms with van der Waals surface area (Å²) >= 11 is 5.55. The number of carbonyl (C=O) groups excluding carboxylic acids is 1. The van der Waals surface area contributed by atoms with Gasteiger partial charge in [-0.3, -0.25) is 4.79 Å². The minimum atomic E-state index is -0.597.